The Hall–Kier alpha value is -0.330. The summed E-state index contributed by atoms with van der Waals surface area (Å²) in [5.41, 5.74) is 1.23. The molecular weight excluding hydrogens is 405 g/mol. The molecule has 1 unspecified atom stereocenters. The second kappa shape index (κ2) is 6.21. The molecule has 0 bridgehead atoms. The molecule has 1 atom stereocenters. The van der Waals surface area contributed by atoms with Crippen molar-refractivity contribution < 1.29 is 4.42 Å². The van der Waals surface area contributed by atoms with E-state index in [0.717, 1.165) is 22.4 Å². The van der Waals surface area contributed by atoms with Crippen molar-refractivity contribution in [2.75, 3.05) is 7.05 Å². The van der Waals surface area contributed by atoms with Gasteiger partial charge in [-0.05, 0) is 65.5 Å². The average molecular weight is 420 g/mol. The van der Waals surface area contributed by atoms with Crippen molar-refractivity contribution in [1.82, 2.24) is 5.32 Å². The van der Waals surface area contributed by atoms with Gasteiger partial charge < -0.3 is 9.73 Å². The molecular formula is C14H15BrINO. The van der Waals surface area contributed by atoms with Crippen molar-refractivity contribution in [3.63, 3.8) is 0 Å². The zero-order valence-corrected chi connectivity index (χ0v) is 14.1. The third-order valence-corrected chi connectivity index (χ3v) is 4.35. The second-order valence-corrected chi connectivity index (χ2v) is 6.12. The highest BCUT2D eigenvalue weighted by atomic mass is 127. The van der Waals surface area contributed by atoms with Crippen LogP contribution in [0.3, 0.4) is 0 Å². The minimum atomic E-state index is 0.0923. The van der Waals surface area contributed by atoms with Gasteiger partial charge >= 0.3 is 0 Å². The Labute approximate surface area is 129 Å². The summed E-state index contributed by atoms with van der Waals surface area (Å²) in [6.45, 7) is 2.10. The number of halogens is 2. The first kappa shape index (κ1) is 14.1. The van der Waals surface area contributed by atoms with Crippen LogP contribution in [0.25, 0.3) is 0 Å². The van der Waals surface area contributed by atoms with Gasteiger partial charge in [0.15, 0.2) is 0 Å². The highest BCUT2D eigenvalue weighted by Gasteiger charge is 2.18. The van der Waals surface area contributed by atoms with Gasteiger partial charge in [0.25, 0.3) is 0 Å². The lowest BCUT2D eigenvalue weighted by molar-refractivity contribution is 0.433. The molecule has 0 aliphatic heterocycles. The van der Waals surface area contributed by atoms with Gasteiger partial charge in [0.05, 0.1) is 6.04 Å². The summed E-state index contributed by atoms with van der Waals surface area (Å²) in [4.78, 5) is 0. The van der Waals surface area contributed by atoms with E-state index >= 15 is 0 Å². The molecule has 2 rings (SSSR count). The quantitative estimate of drug-likeness (QED) is 0.737. The SMILES string of the molecule is CCc1ccc(C(NC)c2cc(Br)ccc2I)o1. The topological polar surface area (TPSA) is 25.2 Å². The lowest BCUT2D eigenvalue weighted by Crippen LogP contribution is -2.18. The van der Waals surface area contributed by atoms with Crippen LogP contribution in [0.4, 0.5) is 0 Å². The Kier molecular flexibility index (Phi) is 4.86. The zero-order chi connectivity index (χ0) is 13.1. The molecule has 1 aromatic heterocycles. The predicted molar refractivity (Wildman–Crippen MR) is 85.8 cm³/mol. The molecule has 0 aliphatic carbocycles. The van der Waals surface area contributed by atoms with Crippen molar-refractivity contribution >= 4 is 38.5 Å². The van der Waals surface area contributed by atoms with E-state index in [0.29, 0.717) is 0 Å². The highest BCUT2D eigenvalue weighted by molar-refractivity contribution is 14.1. The Morgan fingerprint density at radius 1 is 1.33 bits per heavy atom. The number of furan rings is 1. The summed E-state index contributed by atoms with van der Waals surface area (Å²) >= 11 is 5.88. The lowest BCUT2D eigenvalue weighted by atomic mass is 10.1. The third-order valence-electron chi connectivity index (χ3n) is 2.87. The van der Waals surface area contributed by atoms with Gasteiger partial charge in [-0.3, -0.25) is 0 Å². The zero-order valence-electron chi connectivity index (χ0n) is 10.3. The molecule has 0 spiro atoms. The molecule has 2 aromatic rings. The standard InChI is InChI=1S/C14H15BrINO/c1-3-10-5-7-13(18-10)14(17-2)11-8-9(15)4-6-12(11)16/h4-8,14,17H,3H2,1-2H3. The van der Waals surface area contributed by atoms with Crippen LogP contribution < -0.4 is 5.32 Å². The number of benzene rings is 1. The van der Waals surface area contributed by atoms with E-state index in [4.69, 9.17) is 4.42 Å². The van der Waals surface area contributed by atoms with Crippen LogP contribution in [0.15, 0.2) is 39.2 Å². The molecule has 0 amide bonds. The van der Waals surface area contributed by atoms with Crippen LogP contribution in [0, 0.1) is 3.57 Å². The molecule has 0 fully saturated rings. The van der Waals surface area contributed by atoms with Crippen LogP contribution >= 0.6 is 38.5 Å². The van der Waals surface area contributed by atoms with E-state index in [9.17, 15) is 0 Å². The van der Waals surface area contributed by atoms with Gasteiger partial charge in [-0.25, -0.2) is 0 Å². The molecule has 4 heteroatoms. The van der Waals surface area contributed by atoms with Gasteiger partial charge in [-0.1, -0.05) is 22.9 Å². The van der Waals surface area contributed by atoms with Crippen LogP contribution in [0.2, 0.25) is 0 Å². The van der Waals surface area contributed by atoms with E-state index < -0.39 is 0 Å². The molecule has 18 heavy (non-hydrogen) atoms. The number of nitrogens with one attached hydrogen (secondary N) is 1. The first-order valence-electron chi connectivity index (χ1n) is 5.86. The number of hydrogen-bond donors (Lipinski definition) is 1. The second-order valence-electron chi connectivity index (χ2n) is 4.05. The van der Waals surface area contributed by atoms with Crippen molar-refractivity contribution in [3.05, 3.63) is 55.5 Å². The summed E-state index contributed by atoms with van der Waals surface area (Å²) in [6.07, 6.45) is 0.923. The fraction of sp³-hybridized carbons (Fsp3) is 0.286. The van der Waals surface area contributed by atoms with Crippen molar-refractivity contribution in [3.8, 4) is 0 Å². The van der Waals surface area contributed by atoms with Crippen molar-refractivity contribution in [2.45, 2.75) is 19.4 Å². The molecule has 0 aliphatic rings. The van der Waals surface area contributed by atoms with E-state index in [1.54, 1.807) is 0 Å². The van der Waals surface area contributed by atoms with E-state index in [2.05, 4.69) is 75.0 Å². The van der Waals surface area contributed by atoms with E-state index in [1.807, 2.05) is 13.1 Å². The van der Waals surface area contributed by atoms with E-state index in [1.165, 1.54) is 9.13 Å². The summed E-state index contributed by atoms with van der Waals surface area (Å²) in [5.74, 6) is 1.99. The summed E-state index contributed by atoms with van der Waals surface area (Å²) < 4.78 is 8.16. The molecule has 96 valence electrons. The maximum Gasteiger partial charge on any atom is 0.125 e. The average Bonchev–Trinajstić information content (AvgIpc) is 2.83. The van der Waals surface area contributed by atoms with Gasteiger partial charge in [0.1, 0.15) is 11.5 Å². The first-order chi connectivity index (χ1) is 8.65. The Morgan fingerprint density at radius 3 is 2.72 bits per heavy atom. The lowest BCUT2D eigenvalue weighted by Gasteiger charge is -2.16. The maximum atomic E-state index is 5.85. The number of aryl methyl sites for hydroxylation is 1. The van der Waals surface area contributed by atoms with E-state index in [-0.39, 0.29) is 6.04 Å². The molecule has 0 radical (unpaired) electrons. The van der Waals surface area contributed by atoms with Gasteiger partial charge in [-0.15, -0.1) is 0 Å². The minimum Gasteiger partial charge on any atom is -0.464 e. The van der Waals surface area contributed by atoms with Crippen LogP contribution in [0.1, 0.15) is 30.0 Å². The molecule has 2 nitrogen and oxygen atoms in total. The van der Waals surface area contributed by atoms with Gasteiger partial charge in [-0.2, -0.15) is 0 Å². The smallest absolute Gasteiger partial charge is 0.125 e. The normalized spacial score (nSPS) is 12.7. The Bertz CT molecular complexity index is 538. The fourth-order valence-corrected chi connectivity index (χ4v) is 2.95. The molecule has 0 saturated carbocycles. The van der Waals surface area contributed by atoms with Crippen molar-refractivity contribution in [2.24, 2.45) is 0 Å². The fourth-order valence-electron chi connectivity index (χ4n) is 1.93. The number of hydrogen-bond acceptors (Lipinski definition) is 2. The first-order valence-corrected chi connectivity index (χ1v) is 7.73. The van der Waals surface area contributed by atoms with Gasteiger partial charge in [0.2, 0.25) is 0 Å². The maximum absolute atomic E-state index is 5.85. The van der Waals surface area contributed by atoms with Crippen molar-refractivity contribution in [1.29, 1.82) is 0 Å². The largest absolute Gasteiger partial charge is 0.464 e. The molecule has 1 aromatic carbocycles. The molecule has 1 N–H and O–H groups in total. The van der Waals surface area contributed by atoms with Gasteiger partial charge in [0, 0.05) is 14.5 Å². The monoisotopic (exact) mass is 419 g/mol. The summed E-state index contributed by atoms with van der Waals surface area (Å²) in [7, 11) is 1.95. The Balaban J connectivity index is 2.41. The summed E-state index contributed by atoms with van der Waals surface area (Å²) in [5, 5.41) is 3.32. The molecule has 0 saturated heterocycles. The third kappa shape index (κ3) is 2.97. The van der Waals surface area contributed by atoms with Crippen LogP contribution in [-0.4, -0.2) is 7.05 Å². The molecule has 1 heterocycles. The Morgan fingerprint density at radius 2 is 2.11 bits per heavy atom. The predicted octanol–water partition coefficient (Wildman–Crippen LogP) is 4.52. The highest BCUT2D eigenvalue weighted by Crippen LogP contribution is 2.29. The van der Waals surface area contributed by atoms with Crippen LogP contribution in [0.5, 0.6) is 0 Å². The van der Waals surface area contributed by atoms with Crippen LogP contribution in [-0.2, 0) is 6.42 Å². The minimum absolute atomic E-state index is 0.0923. The summed E-state index contributed by atoms with van der Waals surface area (Å²) in [6, 6.07) is 10.5. The number of rotatable bonds is 4.